The Balaban J connectivity index is 1.87. The number of amides is 2. The molecule has 0 unspecified atom stereocenters. The fraction of sp³-hybridized carbons (Fsp3) is 0.211. The van der Waals surface area contributed by atoms with Crippen molar-refractivity contribution in [3.8, 4) is 0 Å². The lowest BCUT2D eigenvalue weighted by Crippen LogP contribution is -2.32. The van der Waals surface area contributed by atoms with Crippen LogP contribution in [0.5, 0.6) is 0 Å². The minimum atomic E-state index is -0.814. The van der Waals surface area contributed by atoms with Crippen LogP contribution in [0.2, 0.25) is 0 Å². The molecular formula is C19H21N3O2. The van der Waals surface area contributed by atoms with Gasteiger partial charge in [-0.1, -0.05) is 55.8 Å². The SMILES string of the molecule is Cc1ccc(NC(=O)C(=O)N/N=C\c2ccc(C(C)C)cc2)cc1. The largest absolute Gasteiger partial charge is 0.329 e. The highest BCUT2D eigenvalue weighted by Crippen LogP contribution is 2.13. The van der Waals surface area contributed by atoms with Gasteiger partial charge in [-0.25, -0.2) is 5.43 Å². The Bertz CT molecular complexity index is 732. The average Bonchev–Trinajstić information content (AvgIpc) is 2.57. The molecule has 0 aliphatic carbocycles. The van der Waals surface area contributed by atoms with Crippen molar-refractivity contribution in [2.24, 2.45) is 5.10 Å². The zero-order valence-corrected chi connectivity index (χ0v) is 14.0. The Morgan fingerprint density at radius 2 is 1.58 bits per heavy atom. The van der Waals surface area contributed by atoms with Crippen LogP contribution in [0.1, 0.15) is 36.5 Å². The summed E-state index contributed by atoms with van der Waals surface area (Å²) in [6.45, 7) is 6.19. The van der Waals surface area contributed by atoms with Crippen molar-refractivity contribution in [2.45, 2.75) is 26.7 Å². The number of hydrazone groups is 1. The van der Waals surface area contributed by atoms with E-state index in [4.69, 9.17) is 0 Å². The van der Waals surface area contributed by atoms with E-state index in [-0.39, 0.29) is 0 Å². The highest BCUT2D eigenvalue weighted by molar-refractivity contribution is 6.39. The molecule has 5 heteroatoms. The Hall–Kier alpha value is -2.95. The van der Waals surface area contributed by atoms with E-state index in [1.54, 1.807) is 12.1 Å². The van der Waals surface area contributed by atoms with Crippen LogP contribution in [0, 0.1) is 6.92 Å². The molecule has 124 valence electrons. The van der Waals surface area contributed by atoms with Crippen molar-refractivity contribution in [3.63, 3.8) is 0 Å². The molecule has 0 aromatic heterocycles. The monoisotopic (exact) mass is 323 g/mol. The van der Waals surface area contributed by atoms with Crippen LogP contribution in [0.15, 0.2) is 53.6 Å². The number of benzene rings is 2. The molecule has 0 atom stereocenters. The minimum Gasteiger partial charge on any atom is -0.318 e. The first-order valence-corrected chi connectivity index (χ1v) is 7.76. The molecule has 0 heterocycles. The van der Waals surface area contributed by atoms with Gasteiger partial charge in [0, 0.05) is 5.69 Å². The van der Waals surface area contributed by atoms with E-state index in [9.17, 15) is 9.59 Å². The summed E-state index contributed by atoms with van der Waals surface area (Å²) in [7, 11) is 0. The maximum atomic E-state index is 11.8. The molecule has 24 heavy (non-hydrogen) atoms. The van der Waals surface area contributed by atoms with Crippen molar-refractivity contribution in [1.82, 2.24) is 5.43 Å². The smallest absolute Gasteiger partial charge is 0.318 e. The molecule has 0 bridgehead atoms. The number of aryl methyl sites for hydroxylation is 1. The van der Waals surface area contributed by atoms with E-state index < -0.39 is 11.8 Å². The summed E-state index contributed by atoms with van der Waals surface area (Å²) in [4.78, 5) is 23.5. The Kier molecular flexibility index (Phi) is 5.84. The molecule has 2 N–H and O–H groups in total. The minimum absolute atomic E-state index is 0.459. The van der Waals surface area contributed by atoms with Gasteiger partial charge in [0.05, 0.1) is 6.21 Å². The number of carbonyl (C=O) groups excluding carboxylic acids is 2. The maximum Gasteiger partial charge on any atom is 0.329 e. The van der Waals surface area contributed by atoms with E-state index in [1.807, 2.05) is 43.3 Å². The van der Waals surface area contributed by atoms with Crippen LogP contribution >= 0.6 is 0 Å². The highest BCUT2D eigenvalue weighted by Gasteiger charge is 2.12. The second kappa shape index (κ2) is 8.06. The van der Waals surface area contributed by atoms with Crippen LogP contribution in [-0.2, 0) is 9.59 Å². The Morgan fingerprint density at radius 1 is 0.958 bits per heavy atom. The van der Waals surface area contributed by atoms with E-state index in [2.05, 4.69) is 29.7 Å². The van der Waals surface area contributed by atoms with Gasteiger partial charge in [-0.2, -0.15) is 5.10 Å². The standard InChI is InChI=1S/C19H21N3O2/c1-13(2)16-8-6-15(7-9-16)12-20-22-19(24)18(23)21-17-10-4-14(3)5-11-17/h4-13H,1-3H3,(H,21,23)(H,22,24)/b20-12-. The number of rotatable bonds is 4. The van der Waals surface area contributed by atoms with E-state index >= 15 is 0 Å². The van der Waals surface area contributed by atoms with E-state index in [0.717, 1.165) is 11.1 Å². The van der Waals surface area contributed by atoms with Crippen molar-refractivity contribution in [1.29, 1.82) is 0 Å². The number of carbonyl (C=O) groups is 2. The Labute approximate surface area is 141 Å². The molecule has 0 fully saturated rings. The second-order valence-electron chi connectivity index (χ2n) is 5.84. The van der Waals surface area contributed by atoms with Crippen LogP contribution in [0.25, 0.3) is 0 Å². The van der Waals surface area contributed by atoms with Crippen molar-refractivity contribution < 1.29 is 9.59 Å². The summed E-state index contributed by atoms with van der Waals surface area (Å²) >= 11 is 0. The highest BCUT2D eigenvalue weighted by atomic mass is 16.2. The lowest BCUT2D eigenvalue weighted by atomic mass is 10.0. The van der Waals surface area contributed by atoms with Gasteiger partial charge in [0.2, 0.25) is 0 Å². The number of hydrogen-bond donors (Lipinski definition) is 2. The van der Waals surface area contributed by atoms with Crippen LogP contribution in [-0.4, -0.2) is 18.0 Å². The zero-order chi connectivity index (χ0) is 17.5. The normalized spacial score (nSPS) is 10.8. The quantitative estimate of drug-likeness (QED) is 0.515. The first-order valence-electron chi connectivity index (χ1n) is 7.76. The molecule has 0 saturated heterocycles. The molecule has 0 spiro atoms. The van der Waals surface area contributed by atoms with E-state index in [1.165, 1.54) is 11.8 Å². The van der Waals surface area contributed by atoms with Gasteiger partial charge in [-0.15, -0.1) is 0 Å². The summed E-state index contributed by atoms with van der Waals surface area (Å²) < 4.78 is 0. The Morgan fingerprint density at radius 3 is 2.17 bits per heavy atom. The summed E-state index contributed by atoms with van der Waals surface area (Å²) in [5, 5.41) is 6.32. The summed E-state index contributed by atoms with van der Waals surface area (Å²) in [5.41, 5.74) is 5.93. The van der Waals surface area contributed by atoms with Crippen molar-refractivity contribution >= 4 is 23.7 Å². The molecule has 2 aromatic carbocycles. The molecule has 2 rings (SSSR count). The van der Waals surface area contributed by atoms with Gasteiger partial charge in [-0.3, -0.25) is 9.59 Å². The lowest BCUT2D eigenvalue weighted by Gasteiger charge is -2.05. The van der Waals surface area contributed by atoms with Gasteiger partial charge in [0.15, 0.2) is 0 Å². The number of anilines is 1. The number of nitrogens with one attached hydrogen (secondary N) is 2. The molecule has 0 radical (unpaired) electrons. The molecular weight excluding hydrogens is 302 g/mol. The third kappa shape index (κ3) is 5.05. The molecule has 0 saturated carbocycles. The van der Waals surface area contributed by atoms with Gasteiger partial charge < -0.3 is 5.32 Å². The lowest BCUT2D eigenvalue weighted by molar-refractivity contribution is -0.136. The fourth-order valence-electron chi connectivity index (χ4n) is 2.01. The maximum absolute atomic E-state index is 11.8. The third-order valence-electron chi connectivity index (χ3n) is 3.50. The number of hydrogen-bond acceptors (Lipinski definition) is 3. The van der Waals surface area contributed by atoms with E-state index in [0.29, 0.717) is 11.6 Å². The summed E-state index contributed by atoms with van der Waals surface area (Å²) in [6.07, 6.45) is 1.50. The molecule has 2 amide bonds. The second-order valence-corrected chi connectivity index (χ2v) is 5.84. The van der Waals surface area contributed by atoms with Gasteiger partial charge in [-0.05, 0) is 36.1 Å². The predicted molar refractivity (Wildman–Crippen MR) is 96.1 cm³/mol. The first-order chi connectivity index (χ1) is 11.5. The molecule has 0 aliphatic heterocycles. The van der Waals surface area contributed by atoms with Crippen molar-refractivity contribution in [3.05, 3.63) is 65.2 Å². The summed E-state index contributed by atoms with van der Waals surface area (Å²) in [5.74, 6) is -1.11. The molecule has 5 nitrogen and oxygen atoms in total. The topological polar surface area (TPSA) is 70.6 Å². The van der Waals surface area contributed by atoms with Crippen LogP contribution < -0.4 is 10.7 Å². The van der Waals surface area contributed by atoms with Gasteiger partial charge >= 0.3 is 11.8 Å². The van der Waals surface area contributed by atoms with Crippen molar-refractivity contribution in [2.75, 3.05) is 5.32 Å². The average molecular weight is 323 g/mol. The predicted octanol–water partition coefficient (Wildman–Crippen LogP) is 3.21. The third-order valence-corrected chi connectivity index (χ3v) is 3.50. The zero-order valence-electron chi connectivity index (χ0n) is 14.0. The summed E-state index contributed by atoms with van der Waals surface area (Å²) in [6, 6.07) is 15.0. The number of nitrogens with zero attached hydrogens (tertiary/aromatic N) is 1. The van der Waals surface area contributed by atoms with Crippen LogP contribution in [0.3, 0.4) is 0 Å². The fourth-order valence-corrected chi connectivity index (χ4v) is 2.01. The van der Waals surface area contributed by atoms with Gasteiger partial charge in [0.1, 0.15) is 0 Å². The molecule has 0 aliphatic rings. The van der Waals surface area contributed by atoms with Gasteiger partial charge in [0.25, 0.3) is 0 Å². The molecule has 2 aromatic rings. The van der Waals surface area contributed by atoms with Crippen LogP contribution in [0.4, 0.5) is 5.69 Å². The first kappa shape index (κ1) is 17.4.